The molecule has 0 bridgehead atoms. The number of esters is 1. The number of carbonyl (C=O) groups excluding carboxylic acids is 2. The van der Waals surface area contributed by atoms with Crippen molar-refractivity contribution in [3.05, 3.63) is 47.8 Å². The summed E-state index contributed by atoms with van der Waals surface area (Å²) < 4.78 is 55.7. The minimum Gasteiger partial charge on any atom is -0.492 e. The molecule has 198 valence electrons. The van der Waals surface area contributed by atoms with Crippen LogP contribution in [0.2, 0.25) is 0 Å². The van der Waals surface area contributed by atoms with E-state index in [1.54, 1.807) is 30.3 Å². The first kappa shape index (κ1) is 26.3. The zero-order valence-corrected chi connectivity index (χ0v) is 20.1. The van der Waals surface area contributed by atoms with Gasteiger partial charge < -0.3 is 30.2 Å². The van der Waals surface area contributed by atoms with E-state index in [0.717, 1.165) is 20.2 Å². The summed E-state index contributed by atoms with van der Waals surface area (Å²) in [7, 11) is 1.15. The Morgan fingerprint density at radius 2 is 1.92 bits per heavy atom. The number of anilines is 1. The molecule has 1 saturated heterocycles. The predicted octanol–water partition coefficient (Wildman–Crippen LogP) is 3.93. The number of alkyl halides is 3. The van der Waals surface area contributed by atoms with Crippen LogP contribution in [-0.2, 0) is 15.9 Å². The van der Waals surface area contributed by atoms with Gasteiger partial charge in [-0.1, -0.05) is 18.2 Å². The number of aromatic nitrogens is 1. The number of nitrogens with one attached hydrogen (secondary N) is 2. The van der Waals surface area contributed by atoms with E-state index in [9.17, 15) is 22.8 Å². The van der Waals surface area contributed by atoms with Gasteiger partial charge in [0, 0.05) is 41.7 Å². The molecule has 4 rings (SSSR count). The Labute approximate surface area is 210 Å². The number of nitrogens with zero attached hydrogens (tertiary/aromatic N) is 1. The van der Waals surface area contributed by atoms with E-state index in [0.29, 0.717) is 54.1 Å². The molecule has 37 heavy (non-hydrogen) atoms. The molecule has 1 aliphatic heterocycles. The minimum atomic E-state index is -4.49. The average Bonchev–Trinajstić information content (AvgIpc) is 3.26. The van der Waals surface area contributed by atoms with Gasteiger partial charge in [0.2, 0.25) is 0 Å². The number of ether oxygens (including phenoxy) is 3. The molecule has 1 aromatic heterocycles. The Morgan fingerprint density at radius 3 is 2.59 bits per heavy atom. The number of urea groups is 1. The van der Waals surface area contributed by atoms with E-state index in [-0.39, 0.29) is 17.0 Å². The topological polar surface area (TPSA) is 119 Å². The number of amides is 2. The summed E-state index contributed by atoms with van der Waals surface area (Å²) in [4.78, 5) is 28.9. The quantitative estimate of drug-likeness (QED) is 0.388. The van der Waals surface area contributed by atoms with Crippen LogP contribution in [0.4, 0.5) is 23.7 Å². The summed E-state index contributed by atoms with van der Waals surface area (Å²) in [6.07, 6.45) is -5.74. The van der Waals surface area contributed by atoms with Gasteiger partial charge in [0.15, 0.2) is 0 Å². The molecule has 9 nitrogen and oxygen atoms in total. The normalized spacial score (nSPS) is 14.5. The SMILES string of the molecule is COC(=O)c1[nH]c(CC(F)(F)F)cc1-c1cccc2c(NC(N)=O)ccc(OCCN3CCOCC3)c12. The summed E-state index contributed by atoms with van der Waals surface area (Å²) in [6.45, 7) is 3.83. The fourth-order valence-corrected chi connectivity index (χ4v) is 4.37. The van der Waals surface area contributed by atoms with Crippen LogP contribution in [0, 0.1) is 0 Å². The van der Waals surface area contributed by atoms with Gasteiger partial charge in [0.1, 0.15) is 18.1 Å². The van der Waals surface area contributed by atoms with Crippen LogP contribution in [0.25, 0.3) is 21.9 Å². The highest BCUT2D eigenvalue weighted by Crippen LogP contribution is 2.41. The molecule has 12 heteroatoms. The number of carbonyl (C=O) groups is 2. The van der Waals surface area contributed by atoms with Crippen molar-refractivity contribution in [1.82, 2.24) is 9.88 Å². The van der Waals surface area contributed by atoms with E-state index >= 15 is 0 Å². The third-order valence-corrected chi connectivity index (χ3v) is 5.97. The fraction of sp³-hybridized carbons (Fsp3) is 0.360. The highest BCUT2D eigenvalue weighted by Gasteiger charge is 2.30. The molecular weight excluding hydrogens is 493 g/mol. The molecule has 1 aliphatic rings. The summed E-state index contributed by atoms with van der Waals surface area (Å²) in [5, 5.41) is 3.59. The number of primary amides is 1. The number of aromatic amines is 1. The second kappa shape index (κ2) is 11.1. The van der Waals surface area contributed by atoms with Gasteiger partial charge >= 0.3 is 18.2 Å². The van der Waals surface area contributed by atoms with Crippen LogP contribution < -0.4 is 15.8 Å². The molecule has 2 amide bonds. The molecule has 0 aliphatic carbocycles. The number of benzene rings is 2. The third kappa shape index (κ3) is 6.33. The standard InChI is InChI=1S/C25H27F3N4O5/c1-35-23(33)22-18(13-15(30-22)14-25(26,27)28)16-3-2-4-17-19(31-24(29)34)5-6-20(21(16)17)37-12-9-32-7-10-36-11-8-32/h2-6,13,30H,7-12,14H2,1H3,(H3,29,31,34). The van der Waals surface area contributed by atoms with E-state index in [1.165, 1.54) is 6.07 Å². The van der Waals surface area contributed by atoms with Crippen LogP contribution in [-0.4, -0.2) is 74.6 Å². The van der Waals surface area contributed by atoms with Crippen molar-refractivity contribution in [2.24, 2.45) is 5.73 Å². The Kier molecular flexibility index (Phi) is 7.89. The lowest BCUT2D eigenvalue weighted by Crippen LogP contribution is -2.38. The number of hydrogen-bond acceptors (Lipinski definition) is 6. The molecule has 2 heterocycles. The lowest BCUT2D eigenvalue weighted by Gasteiger charge is -2.26. The number of halogens is 3. The van der Waals surface area contributed by atoms with Gasteiger partial charge in [-0.15, -0.1) is 0 Å². The van der Waals surface area contributed by atoms with Gasteiger partial charge in [-0.3, -0.25) is 4.90 Å². The molecule has 0 radical (unpaired) electrons. The van der Waals surface area contributed by atoms with E-state index in [4.69, 9.17) is 19.9 Å². The molecule has 0 spiro atoms. The number of hydrogen-bond donors (Lipinski definition) is 3. The number of H-pyrrole nitrogens is 1. The molecule has 0 atom stereocenters. The van der Waals surface area contributed by atoms with Crippen molar-refractivity contribution in [1.29, 1.82) is 0 Å². The van der Waals surface area contributed by atoms with Crippen LogP contribution >= 0.6 is 0 Å². The van der Waals surface area contributed by atoms with Gasteiger partial charge in [-0.25, -0.2) is 9.59 Å². The van der Waals surface area contributed by atoms with E-state index < -0.39 is 24.6 Å². The first-order chi connectivity index (χ1) is 17.7. The van der Waals surface area contributed by atoms with Crippen molar-refractivity contribution in [2.75, 3.05) is 51.9 Å². The number of methoxy groups -OCH3 is 1. The molecule has 0 saturated carbocycles. The largest absolute Gasteiger partial charge is 0.492 e. The summed E-state index contributed by atoms with van der Waals surface area (Å²) >= 11 is 0. The van der Waals surface area contributed by atoms with Crippen molar-refractivity contribution >= 4 is 28.5 Å². The molecule has 1 fully saturated rings. The molecule has 3 aromatic rings. The minimum absolute atomic E-state index is 0.123. The first-order valence-corrected chi connectivity index (χ1v) is 11.6. The second-order valence-electron chi connectivity index (χ2n) is 8.50. The van der Waals surface area contributed by atoms with E-state index in [2.05, 4.69) is 15.2 Å². The fourth-order valence-electron chi connectivity index (χ4n) is 4.37. The van der Waals surface area contributed by atoms with Crippen molar-refractivity contribution < 1.29 is 37.0 Å². The predicted molar refractivity (Wildman–Crippen MR) is 131 cm³/mol. The van der Waals surface area contributed by atoms with Crippen molar-refractivity contribution in [2.45, 2.75) is 12.6 Å². The highest BCUT2D eigenvalue weighted by atomic mass is 19.4. The maximum atomic E-state index is 13.1. The zero-order chi connectivity index (χ0) is 26.6. The number of morpholine rings is 1. The molecule has 0 unspecified atom stereocenters. The summed E-state index contributed by atoms with van der Waals surface area (Å²) in [5.74, 6) is -0.384. The maximum absolute atomic E-state index is 13.1. The smallest absolute Gasteiger partial charge is 0.394 e. The van der Waals surface area contributed by atoms with Crippen LogP contribution in [0.3, 0.4) is 0 Å². The molecule has 4 N–H and O–H groups in total. The van der Waals surface area contributed by atoms with Gasteiger partial charge in [-0.05, 0) is 23.8 Å². The molecular formula is C25H27F3N4O5. The summed E-state index contributed by atoms with van der Waals surface area (Å²) in [6, 6.07) is 8.83. The van der Waals surface area contributed by atoms with E-state index in [1.807, 2.05) is 0 Å². The summed E-state index contributed by atoms with van der Waals surface area (Å²) in [5.41, 5.74) is 6.05. The number of rotatable bonds is 8. The Hall–Kier alpha value is -3.77. The molecule has 2 aromatic carbocycles. The Bertz CT molecular complexity index is 1290. The lowest BCUT2D eigenvalue weighted by molar-refractivity contribution is -0.127. The Morgan fingerprint density at radius 1 is 1.16 bits per heavy atom. The maximum Gasteiger partial charge on any atom is 0.394 e. The lowest BCUT2D eigenvalue weighted by atomic mass is 9.96. The average molecular weight is 521 g/mol. The Balaban J connectivity index is 1.81. The monoisotopic (exact) mass is 520 g/mol. The first-order valence-electron chi connectivity index (χ1n) is 11.6. The van der Waals surface area contributed by atoms with Crippen LogP contribution in [0.1, 0.15) is 16.2 Å². The van der Waals surface area contributed by atoms with Gasteiger partial charge in [0.25, 0.3) is 0 Å². The highest BCUT2D eigenvalue weighted by molar-refractivity contribution is 6.11. The van der Waals surface area contributed by atoms with Crippen LogP contribution in [0.15, 0.2) is 36.4 Å². The van der Waals surface area contributed by atoms with Crippen molar-refractivity contribution in [3.63, 3.8) is 0 Å². The van der Waals surface area contributed by atoms with Crippen LogP contribution in [0.5, 0.6) is 5.75 Å². The van der Waals surface area contributed by atoms with Gasteiger partial charge in [0.05, 0.1) is 32.4 Å². The number of fused-ring (bicyclic) bond motifs is 1. The third-order valence-electron chi connectivity index (χ3n) is 5.97. The second-order valence-corrected chi connectivity index (χ2v) is 8.50. The van der Waals surface area contributed by atoms with Crippen molar-refractivity contribution in [3.8, 4) is 16.9 Å². The zero-order valence-electron chi connectivity index (χ0n) is 20.1. The van der Waals surface area contributed by atoms with Gasteiger partial charge in [-0.2, -0.15) is 13.2 Å². The number of nitrogens with two attached hydrogens (primary N) is 1.